The number of alkyl halides is 3. The maximum Gasteiger partial charge on any atom is 0.401 e. The van der Waals surface area contributed by atoms with Gasteiger partial charge >= 0.3 is 6.18 Å². The smallest absolute Gasteiger partial charge is 0.380 e. The van der Waals surface area contributed by atoms with Crippen molar-refractivity contribution in [3.8, 4) is 0 Å². The van der Waals surface area contributed by atoms with Crippen LogP contribution in [0, 0.1) is 0 Å². The molecule has 0 aliphatic heterocycles. The number of rotatable bonds is 12. The van der Waals surface area contributed by atoms with Crippen molar-refractivity contribution in [2.75, 3.05) is 45.9 Å². The predicted molar refractivity (Wildman–Crippen MR) is 71.4 cm³/mol. The number of hydrogen-bond donors (Lipinski definition) is 1. The van der Waals surface area contributed by atoms with Crippen LogP contribution in [0.3, 0.4) is 0 Å². The summed E-state index contributed by atoms with van der Waals surface area (Å²) in [4.78, 5) is 1.44. The molecule has 0 heterocycles. The molecule has 0 saturated heterocycles. The molecule has 0 unspecified atom stereocenters. The lowest BCUT2D eigenvalue weighted by atomic mass is 10.3. The Bertz CT molecular complexity index is 201. The van der Waals surface area contributed by atoms with E-state index in [9.17, 15) is 13.2 Å². The third-order valence-electron chi connectivity index (χ3n) is 2.61. The van der Waals surface area contributed by atoms with Crippen molar-refractivity contribution >= 4 is 0 Å². The van der Waals surface area contributed by atoms with E-state index in [1.54, 1.807) is 0 Å². The molecule has 0 amide bonds. The molecule has 3 nitrogen and oxygen atoms in total. The van der Waals surface area contributed by atoms with E-state index in [2.05, 4.69) is 12.2 Å². The van der Waals surface area contributed by atoms with Crippen LogP contribution in [-0.2, 0) is 4.74 Å². The van der Waals surface area contributed by atoms with Gasteiger partial charge in [0.25, 0.3) is 0 Å². The molecule has 0 atom stereocenters. The zero-order chi connectivity index (χ0) is 14.6. The Hall–Kier alpha value is -0.330. The summed E-state index contributed by atoms with van der Waals surface area (Å²) >= 11 is 0. The summed E-state index contributed by atoms with van der Waals surface area (Å²) in [5.74, 6) is 0. The van der Waals surface area contributed by atoms with Gasteiger partial charge in [-0.3, -0.25) is 4.90 Å². The third-order valence-corrected chi connectivity index (χ3v) is 2.61. The average Bonchev–Trinajstić information content (AvgIpc) is 2.31. The Morgan fingerprint density at radius 2 is 1.74 bits per heavy atom. The number of nitrogens with one attached hydrogen (secondary N) is 1. The maximum absolute atomic E-state index is 12.3. The lowest BCUT2D eigenvalue weighted by Gasteiger charge is -2.23. The molecule has 0 aromatic rings. The Morgan fingerprint density at radius 3 is 2.32 bits per heavy atom. The van der Waals surface area contributed by atoms with E-state index in [-0.39, 0.29) is 0 Å². The number of hydrogen-bond acceptors (Lipinski definition) is 3. The first-order valence-corrected chi connectivity index (χ1v) is 7.07. The number of ether oxygens (including phenoxy) is 1. The molecule has 6 heteroatoms. The first-order chi connectivity index (χ1) is 8.99. The molecule has 0 aliphatic rings. The SMILES string of the molecule is CCCCOCCNCCN(CCC)CC(F)(F)F. The highest BCUT2D eigenvalue weighted by Gasteiger charge is 2.29. The van der Waals surface area contributed by atoms with Gasteiger partial charge in [0, 0.05) is 26.2 Å². The molecule has 0 rings (SSSR count). The van der Waals surface area contributed by atoms with Gasteiger partial charge in [-0.15, -0.1) is 0 Å². The van der Waals surface area contributed by atoms with Gasteiger partial charge in [0.2, 0.25) is 0 Å². The van der Waals surface area contributed by atoms with Crippen LogP contribution in [0.1, 0.15) is 33.1 Å². The molecular weight excluding hydrogens is 257 g/mol. The van der Waals surface area contributed by atoms with Crippen LogP contribution >= 0.6 is 0 Å². The molecule has 0 aromatic carbocycles. The molecule has 0 radical (unpaired) electrons. The highest BCUT2D eigenvalue weighted by molar-refractivity contribution is 4.64. The Kier molecular flexibility index (Phi) is 11.3. The normalized spacial score (nSPS) is 12.3. The minimum atomic E-state index is -4.11. The van der Waals surface area contributed by atoms with Crippen molar-refractivity contribution in [2.45, 2.75) is 39.3 Å². The molecule has 0 fully saturated rings. The zero-order valence-electron chi connectivity index (χ0n) is 12.1. The van der Waals surface area contributed by atoms with Crippen molar-refractivity contribution in [3.63, 3.8) is 0 Å². The summed E-state index contributed by atoms with van der Waals surface area (Å²) < 4.78 is 42.2. The van der Waals surface area contributed by atoms with Crippen molar-refractivity contribution < 1.29 is 17.9 Å². The molecule has 0 spiro atoms. The minimum Gasteiger partial charge on any atom is -0.380 e. The second kappa shape index (κ2) is 11.5. The van der Waals surface area contributed by atoms with Crippen LogP contribution in [0.2, 0.25) is 0 Å². The van der Waals surface area contributed by atoms with Crippen molar-refractivity contribution in [2.24, 2.45) is 0 Å². The van der Waals surface area contributed by atoms with E-state index in [0.717, 1.165) is 25.9 Å². The first kappa shape index (κ1) is 18.7. The second-order valence-corrected chi connectivity index (χ2v) is 4.61. The van der Waals surface area contributed by atoms with Gasteiger partial charge in [-0.25, -0.2) is 0 Å². The fourth-order valence-electron chi connectivity index (χ4n) is 1.69. The van der Waals surface area contributed by atoms with E-state index in [1.807, 2.05) is 6.92 Å². The second-order valence-electron chi connectivity index (χ2n) is 4.61. The van der Waals surface area contributed by atoms with Crippen molar-refractivity contribution in [1.82, 2.24) is 10.2 Å². The van der Waals surface area contributed by atoms with Gasteiger partial charge in [-0.1, -0.05) is 20.3 Å². The lowest BCUT2D eigenvalue weighted by Crippen LogP contribution is -2.39. The van der Waals surface area contributed by atoms with Gasteiger partial charge in [0.05, 0.1) is 13.2 Å². The quantitative estimate of drug-likeness (QED) is 0.558. The topological polar surface area (TPSA) is 24.5 Å². The van der Waals surface area contributed by atoms with E-state index < -0.39 is 12.7 Å². The van der Waals surface area contributed by atoms with Crippen LogP contribution in [0.4, 0.5) is 13.2 Å². The standard InChI is InChI=1S/C13H27F3N2O/c1-3-5-10-19-11-7-17-6-9-18(8-4-2)12-13(14,15)16/h17H,3-12H2,1-2H3. The molecule has 1 N–H and O–H groups in total. The van der Waals surface area contributed by atoms with Crippen LogP contribution in [0.15, 0.2) is 0 Å². The van der Waals surface area contributed by atoms with Crippen LogP contribution in [0.25, 0.3) is 0 Å². The Balaban J connectivity index is 3.53. The fourth-order valence-corrected chi connectivity index (χ4v) is 1.69. The minimum absolute atomic E-state index is 0.419. The van der Waals surface area contributed by atoms with Crippen LogP contribution in [-0.4, -0.2) is 57.0 Å². The highest BCUT2D eigenvalue weighted by Crippen LogP contribution is 2.16. The molecule has 116 valence electrons. The van der Waals surface area contributed by atoms with Crippen LogP contribution < -0.4 is 5.32 Å². The van der Waals surface area contributed by atoms with Gasteiger partial charge in [-0.05, 0) is 19.4 Å². The average molecular weight is 284 g/mol. The lowest BCUT2D eigenvalue weighted by molar-refractivity contribution is -0.145. The summed E-state index contributed by atoms with van der Waals surface area (Å²) in [6, 6.07) is 0. The summed E-state index contributed by atoms with van der Waals surface area (Å²) in [6.07, 6.45) is -1.22. The summed E-state index contributed by atoms with van der Waals surface area (Å²) in [5, 5.41) is 3.10. The number of unbranched alkanes of at least 4 members (excludes halogenated alkanes) is 1. The van der Waals surface area contributed by atoms with Crippen molar-refractivity contribution in [3.05, 3.63) is 0 Å². The van der Waals surface area contributed by atoms with E-state index >= 15 is 0 Å². The van der Waals surface area contributed by atoms with E-state index in [0.29, 0.717) is 32.8 Å². The molecule has 0 bridgehead atoms. The first-order valence-electron chi connectivity index (χ1n) is 7.07. The number of halogens is 3. The van der Waals surface area contributed by atoms with Crippen molar-refractivity contribution in [1.29, 1.82) is 0 Å². The molecule has 0 aromatic heterocycles. The number of nitrogens with zero attached hydrogens (tertiary/aromatic N) is 1. The van der Waals surface area contributed by atoms with E-state index in [4.69, 9.17) is 4.74 Å². The zero-order valence-corrected chi connectivity index (χ0v) is 12.1. The van der Waals surface area contributed by atoms with Gasteiger partial charge in [0.1, 0.15) is 0 Å². The van der Waals surface area contributed by atoms with E-state index in [1.165, 1.54) is 4.90 Å². The van der Waals surface area contributed by atoms with Crippen LogP contribution in [0.5, 0.6) is 0 Å². The monoisotopic (exact) mass is 284 g/mol. The molecular formula is C13H27F3N2O. The maximum atomic E-state index is 12.3. The molecule has 0 aliphatic carbocycles. The third kappa shape index (κ3) is 13.9. The Morgan fingerprint density at radius 1 is 1.00 bits per heavy atom. The van der Waals surface area contributed by atoms with Gasteiger partial charge in [0.15, 0.2) is 0 Å². The highest BCUT2D eigenvalue weighted by atomic mass is 19.4. The predicted octanol–water partition coefficient (Wildman–Crippen LogP) is 2.67. The van der Waals surface area contributed by atoms with Gasteiger partial charge in [-0.2, -0.15) is 13.2 Å². The largest absolute Gasteiger partial charge is 0.401 e. The summed E-state index contributed by atoms with van der Waals surface area (Å²) in [7, 11) is 0. The summed E-state index contributed by atoms with van der Waals surface area (Å²) in [6.45, 7) is 6.69. The fraction of sp³-hybridized carbons (Fsp3) is 1.00. The Labute approximate surface area is 114 Å². The molecule has 19 heavy (non-hydrogen) atoms. The summed E-state index contributed by atoms with van der Waals surface area (Å²) in [5.41, 5.74) is 0. The molecule has 0 saturated carbocycles. The van der Waals surface area contributed by atoms with Gasteiger partial charge < -0.3 is 10.1 Å².